The SMILES string of the molecule is CC(=O)N1CCN(C(=O)C(C)Oc2cccc(-n3ccnn3)c2)CC1. The molecule has 2 aromatic rings. The maximum absolute atomic E-state index is 12.6. The molecule has 1 saturated heterocycles. The van der Waals surface area contributed by atoms with Gasteiger partial charge in [-0.3, -0.25) is 9.59 Å². The molecule has 1 aromatic heterocycles. The monoisotopic (exact) mass is 343 g/mol. The average Bonchev–Trinajstić information content (AvgIpc) is 3.16. The van der Waals surface area contributed by atoms with E-state index in [1.165, 1.54) is 0 Å². The van der Waals surface area contributed by atoms with Crippen LogP contribution in [-0.4, -0.2) is 68.9 Å². The van der Waals surface area contributed by atoms with Gasteiger partial charge >= 0.3 is 0 Å². The van der Waals surface area contributed by atoms with Crippen molar-refractivity contribution in [3.8, 4) is 11.4 Å². The molecule has 2 heterocycles. The van der Waals surface area contributed by atoms with Gasteiger partial charge in [0.25, 0.3) is 5.91 Å². The Morgan fingerprint density at radius 3 is 2.52 bits per heavy atom. The van der Waals surface area contributed by atoms with Crippen LogP contribution in [0.3, 0.4) is 0 Å². The fourth-order valence-corrected chi connectivity index (χ4v) is 2.80. The second kappa shape index (κ2) is 7.33. The number of carbonyl (C=O) groups is 2. The van der Waals surface area contributed by atoms with Crippen LogP contribution in [0.4, 0.5) is 0 Å². The molecule has 0 spiro atoms. The molecule has 0 radical (unpaired) electrons. The Labute approximate surface area is 146 Å². The molecule has 8 heteroatoms. The van der Waals surface area contributed by atoms with E-state index in [0.717, 1.165) is 5.69 Å². The largest absolute Gasteiger partial charge is 0.481 e. The number of aromatic nitrogens is 3. The van der Waals surface area contributed by atoms with Crippen molar-refractivity contribution in [1.82, 2.24) is 24.8 Å². The van der Waals surface area contributed by atoms with Crippen molar-refractivity contribution in [2.45, 2.75) is 20.0 Å². The van der Waals surface area contributed by atoms with Crippen molar-refractivity contribution >= 4 is 11.8 Å². The summed E-state index contributed by atoms with van der Waals surface area (Å²) in [6, 6.07) is 7.34. The number of rotatable bonds is 4. The minimum Gasteiger partial charge on any atom is -0.481 e. The van der Waals surface area contributed by atoms with Gasteiger partial charge < -0.3 is 14.5 Å². The molecule has 1 unspecified atom stereocenters. The molecule has 0 aliphatic carbocycles. The zero-order valence-electron chi connectivity index (χ0n) is 14.3. The van der Waals surface area contributed by atoms with Crippen molar-refractivity contribution in [2.75, 3.05) is 26.2 Å². The first-order valence-electron chi connectivity index (χ1n) is 8.22. The summed E-state index contributed by atoms with van der Waals surface area (Å²) in [6.07, 6.45) is 2.73. The summed E-state index contributed by atoms with van der Waals surface area (Å²) >= 11 is 0. The molecule has 0 bridgehead atoms. The summed E-state index contributed by atoms with van der Waals surface area (Å²) in [5, 5.41) is 7.72. The lowest BCUT2D eigenvalue weighted by Crippen LogP contribution is -2.52. The third-order valence-electron chi connectivity index (χ3n) is 4.20. The summed E-state index contributed by atoms with van der Waals surface area (Å²) in [4.78, 5) is 27.4. The van der Waals surface area contributed by atoms with Crippen molar-refractivity contribution < 1.29 is 14.3 Å². The summed E-state index contributed by atoms with van der Waals surface area (Å²) in [5.41, 5.74) is 0.810. The number of ether oxygens (including phenoxy) is 1. The van der Waals surface area contributed by atoms with Crippen LogP contribution in [0.1, 0.15) is 13.8 Å². The lowest BCUT2D eigenvalue weighted by Gasteiger charge is -2.35. The molecule has 1 aromatic carbocycles. The van der Waals surface area contributed by atoms with Gasteiger partial charge in [0, 0.05) is 39.2 Å². The van der Waals surface area contributed by atoms with Gasteiger partial charge in [-0.05, 0) is 19.1 Å². The van der Waals surface area contributed by atoms with E-state index >= 15 is 0 Å². The number of hydrogen-bond donors (Lipinski definition) is 0. The highest BCUT2D eigenvalue weighted by Gasteiger charge is 2.26. The number of hydrogen-bond acceptors (Lipinski definition) is 5. The zero-order chi connectivity index (χ0) is 17.8. The summed E-state index contributed by atoms with van der Waals surface area (Å²) in [7, 11) is 0. The van der Waals surface area contributed by atoms with Gasteiger partial charge in [0.2, 0.25) is 5.91 Å². The molecule has 1 fully saturated rings. The molecule has 8 nitrogen and oxygen atoms in total. The van der Waals surface area contributed by atoms with E-state index in [0.29, 0.717) is 31.9 Å². The topological polar surface area (TPSA) is 80.6 Å². The van der Waals surface area contributed by atoms with Crippen LogP contribution in [0.5, 0.6) is 5.75 Å². The van der Waals surface area contributed by atoms with E-state index in [-0.39, 0.29) is 11.8 Å². The van der Waals surface area contributed by atoms with Gasteiger partial charge in [0.15, 0.2) is 6.10 Å². The first-order chi connectivity index (χ1) is 12.0. The molecule has 1 aliphatic heterocycles. The van der Waals surface area contributed by atoms with E-state index in [1.807, 2.05) is 18.2 Å². The maximum atomic E-state index is 12.6. The highest BCUT2D eigenvalue weighted by molar-refractivity contribution is 5.81. The van der Waals surface area contributed by atoms with Gasteiger partial charge in [-0.2, -0.15) is 0 Å². The standard InChI is InChI=1S/C17H21N5O3/c1-13(17(24)21-10-8-20(9-11-21)14(2)23)25-16-5-3-4-15(12-16)22-7-6-18-19-22/h3-7,12-13H,8-11H2,1-2H3. The minimum atomic E-state index is -0.602. The molecule has 1 aliphatic rings. The molecule has 25 heavy (non-hydrogen) atoms. The molecular weight excluding hydrogens is 322 g/mol. The predicted molar refractivity (Wildman–Crippen MR) is 90.3 cm³/mol. The lowest BCUT2D eigenvalue weighted by atomic mass is 10.2. The average molecular weight is 343 g/mol. The van der Waals surface area contributed by atoms with Gasteiger partial charge in [-0.1, -0.05) is 11.3 Å². The highest BCUT2D eigenvalue weighted by atomic mass is 16.5. The molecule has 3 rings (SSSR count). The van der Waals surface area contributed by atoms with E-state index in [2.05, 4.69) is 10.3 Å². The third kappa shape index (κ3) is 3.96. The Kier molecular flexibility index (Phi) is 4.97. The molecule has 0 N–H and O–H groups in total. The van der Waals surface area contributed by atoms with Crippen LogP contribution in [0.25, 0.3) is 5.69 Å². The summed E-state index contributed by atoms with van der Waals surface area (Å²) < 4.78 is 7.43. The number of nitrogens with zero attached hydrogens (tertiary/aromatic N) is 5. The molecule has 0 saturated carbocycles. The third-order valence-corrected chi connectivity index (χ3v) is 4.20. The van der Waals surface area contributed by atoms with Crippen LogP contribution < -0.4 is 4.74 Å². The Morgan fingerprint density at radius 2 is 1.88 bits per heavy atom. The van der Waals surface area contributed by atoms with E-state index in [4.69, 9.17) is 4.74 Å². The van der Waals surface area contributed by atoms with E-state index in [9.17, 15) is 9.59 Å². The Morgan fingerprint density at radius 1 is 1.16 bits per heavy atom. The number of benzene rings is 1. The van der Waals surface area contributed by atoms with Crippen molar-refractivity contribution in [3.63, 3.8) is 0 Å². The quantitative estimate of drug-likeness (QED) is 0.817. The summed E-state index contributed by atoms with van der Waals surface area (Å²) in [6.45, 7) is 5.48. The van der Waals surface area contributed by atoms with Gasteiger partial charge in [-0.25, -0.2) is 4.68 Å². The van der Waals surface area contributed by atoms with Crippen LogP contribution in [0.2, 0.25) is 0 Å². The van der Waals surface area contributed by atoms with Crippen LogP contribution in [-0.2, 0) is 9.59 Å². The number of amides is 2. The Balaban J connectivity index is 1.60. The molecule has 2 amide bonds. The molecular formula is C17H21N5O3. The zero-order valence-corrected chi connectivity index (χ0v) is 14.3. The Hall–Kier alpha value is -2.90. The second-order valence-electron chi connectivity index (χ2n) is 5.94. The smallest absolute Gasteiger partial charge is 0.263 e. The number of carbonyl (C=O) groups excluding carboxylic acids is 2. The number of piperazine rings is 1. The van der Waals surface area contributed by atoms with Crippen LogP contribution >= 0.6 is 0 Å². The van der Waals surface area contributed by atoms with E-state index in [1.54, 1.807) is 46.8 Å². The van der Waals surface area contributed by atoms with Crippen molar-refractivity contribution in [3.05, 3.63) is 36.7 Å². The first kappa shape index (κ1) is 16.9. The van der Waals surface area contributed by atoms with Crippen LogP contribution in [0, 0.1) is 0 Å². The fraction of sp³-hybridized carbons (Fsp3) is 0.412. The first-order valence-corrected chi connectivity index (χ1v) is 8.22. The second-order valence-corrected chi connectivity index (χ2v) is 5.94. The van der Waals surface area contributed by atoms with Crippen LogP contribution in [0.15, 0.2) is 36.7 Å². The van der Waals surface area contributed by atoms with Gasteiger partial charge in [0.05, 0.1) is 18.1 Å². The van der Waals surface area contributed by atoms with E-state index < -0.39 is 6.10 Å². The minimum absolute atomic E-state index is 0.0429. The van der Waals surface area contributed by atoms with Crippen molar-refractivity contribution in [1.29, 1.82) is 0 Å². The Bertz CT molecular complexity index is 739. The lowest BCUT2D eigenvalue weighted by molar-refractivity contribution is -0.143. The summed E-state index contributed by atoms with van der Waals surface area (Å²) in [5.74, 6) is 0.562. The molecule has 132 valence electrons. The maximum Gasteiger partial charge on any atom is 0.263 e. The normalized spacial score (nSPS) is 15.8. The van der Waals surface area contributed by atoms with Gasteiger partial charge in [-0.15, -0.1) is 5.10 Å². The predicted octanol–water partition coefficient (Wildman–Crippen LogP) is 0.725. The molecule has 1 atom stereocenters. The van der Waals surface area contributed by atoms with Gasteiger partial charge in [0.1, 0.15) is 5.75 Å². The highest BCUT2D eigenvalue weighted by Crippen LogP contribution is 2.18. The fourth-order valence-electron chi connectivity index (χ4n) is 2.80. The van der Waals surface area contributed by atoms with Crippen molar-refractivity contribution in [2.24, 2.45) is 0 Å².